The molecule has 0 amide bonds. The third kappa shape index (κ3) is 3.77. The predicted molar refractivity (Wildman–Crippen MR) is 86.1 cm³/mol. The van der Waals surface area contributed by atoms with Gasteiger partial charge in [-0.25, -0.2) is 0 Å². The van der Waals surface area contributed by atoms with Crippen LogP contribution in [-0.4, -0.2) is 39.8 Å². The number of aryl methyl sites for hydroxylation is 1. The second kappa shape index (κ2) is 7.27. The Morgan fingerprint density at radius 2 is 1.71 bits per heavy atom. The molecule has 1 fully saturated rings. The summed E-state index contributed by atoms with van der Waals surface area (Å²) in [5.41, 5.74) is 1.13. The summed E-state index contributed by atoms with van der Waals surface area (Å²) in [6.45, 7) is 4.14. The minimum Gasteiger partial charge on any atom is -0.493 e. The number of hydrogen-bond donors (Lipinski definition) is 1. The normalized spacial score (nSPS) is 17.3. The lowest BCUT2D eigenvalue weighted by molar-refractivity contribution is 0.00227. The molecule has 0 atom stereocenters. The summed E-state index contributed by atoms with van der Waals surface area (Å²) in [4.78, 5) is 0. The van der Waals surface area contributed by atoms with E-state index in [4.69, 9.17) is 18.9 Å². The lowest BCUT2D eigenvalue weighted by Crippen LogP contribution is -2.37. The highest BCUT2D eigenvalue weighted by Gasteiger charge is 2.33. The third-order valence-corrected chi connectivity index (χ3v) is 4.69. The predicted octanol–water partition coefficient (Wildman–Crippen LogP) is 3.12. The summed E-state index contributed by atoms with van der Waals surface area (Å²) in [5.74, 6) is 2.85. The molecule has 5 heteroatoms. The van der Waals surface area contributed by atoms with Crippen molar-refractivity contribution in [2.45, 2.75) is 19.8 Å². The van der Waals surface area contributed by atoms with E-state index in [0.717, 1.165) is 37.4 Å². The van der Waals surface area contributed by atoms with Gasteiger partial charge in [0.15, 0.2) is 11.5 Å². The van der Waals surface area contributed by atoms with Crippen LogP contribution in [0.25, 0.3) is 0 Å². The van der Waals surface area contributed by atoms with Gasteiger partial charge in [-0.3, -0.25) is 0 Å². The number of hydrogen-bond acceptors (Lipinski definition) is 5. The van der Waals surface area contributed by atoms with Crippen LogP contribution in [0.1, 0.15) is 18.4 Å². The van der Waals surface area contributed by atoms with E-state index in [9.17, 15) is 0 Å². The quantitative estimate of drug-likeness (QED) is 0.819. The zero-order chi connectivity index (χ0) is 15.3. The van der Waals surface area contributed by atoms with Gasteiger partial charge in [0.2, 0.25) is 5.75 Å². The average molecular weight is 312 g/mol. The number of rotatable bonds is 6. The van der Waals surface area contributed by atoms with Gasteiger partial charge < -0.3 is 18.9 Å². The number of ether oxygens (including phenoxy) is 4. The molecule has 2 rings (SSSR count). The minimum absolute atomic E-state index is 0.0578. The number of methoxy groups -OCH3 is 2. The van der Waals surface area contributed by atoms with E-state index in [1.807, 2.05) is 19.1 Å². The van der Waals surface area contributed by atoms with Crippen LogP contribution < -0.4 is 14.2 Å². The molecule has 0 spiro atoms. The van der Waals surface area contributed by atoms with Gasteiger partial charge in [0, 0.05) is 18.6 Å². The molecule has 0 unspecified atom stereocenters. The zero-order valence-electron chi connectivity index (χ0n) is 13.0. The van der Waals surface area contributed by atoms with Crippen LogP contribution in [0.4, 0.5) is 0 Å². The Hall–Kier alpha value is -1.07. The standard InChI is InChI=1S/C16H24O4S/c1-12-8-13(17-2)15(14(9-12)18-3)20-10-16(11-21)4-6-19-7-5-16/h8-9,21H,4-7,10-11H2,1-3H3. The van der Waals surface area contributed by atoms with Crippen LogP contribution in [-0.2, 0) is 4.74 Å². The molecule has 1 saturated heterocycles. The molecule has 0 N–H and O–H groups in total. The highest BCUT2D eigenvalue weighted by atomic mass is 32.1. The molecule has 0 aromatic heterocycles. The van der Waals surface area contributed by atoms with E-state index in [1.54, 1.807) is 14.2 Å². The SMILES string of the molecule is COc1cc(C)cc(OC)c1OCC1(CS)CCOCC1. The van der Waals surface area contributed by atoms with Crippen molar-refractivity contribution >= 4 is 12.6 Å². The highest BCUT2D eigenvalue weighted by molar-refractivity contribution is 7.80. The Balaban J connectivity index is 2.18. The average Bonchev–Trinajstić information content (AvgIpc) is 2.53. The summed E-state index contributed by atoms with van der Waals surface area (Å²) in [7, 11) is 3.29. The van der Waals surface area contributed by atoms with Crippen molar-refractivity contribution < 1.29 is 18.9 Å². The fourth-order valence-electron chi connectivity index (χ4n) is 2.53. The molecule has 1 aromatic carbocycles. The van der Waals surface area contributed by atoms with Gasteiger partial charge in [-0.1, -0.05) is 0 Å². The largest absolute Gasteiger partial charge is 0.493 e. The Morgan fingerprint density at radius 3 is 2.19 bits per heavy atom. The van der Waals surface area contributed by atoms with Gasteiger partial charge in [0.25, 0.3) is 0 Å². The van der Waals surface area contributed by atoms with E-state index < -0.39 is 0 Å². The van der Waals surface area contributed by atoms with Gasteiger partial charge in [-0.15, -0.1) is 0 Å². The molecule has 0 bridgehead atoms. The first-order valence-electron chi connectivity index (χ1n) is 7.18. The maximum atomic E-state index is 6.08. The fourth-order valence-corrected chi connectivity index (χ4v) is 2.94. The van der Waals surface area contributed by atoms with Gasteiger partial charge in [-0.2, -0.15) is 12.6 Å². The Morgan fingerprint density at radius 1 is 1.14 bits per heavy atom. The molecule has 0 aliphatic carbocycles. The monoisotopic (exact) mass is 312 g/mol. The van der Waals surface area contributed by atoms with E-state index in [-0.39, 0.29) is 5.41 Å². The van der Waals surface area contributed by atoms with E-state index >= 15 is 0 Å². The maximum Gasteiger partial charge on any atom is 0.203 e. The molecular formula is C16H24O4S. The number of thiol groups is 1. The van der Waals surface area contributed by atoms with Crippen molar-refractivity contribution in [3.05, 3.63) is 17.7 Å². The fraction of sp³-hybridized carbons (Fsp3) is 0.625. The summed E-state index contributed by atoms with van der Waals surface area (Å²) in [6, 6.07) is 3.91. The minimum atomic E-state index is 0.0578. The van der Waals surface area contributed by atoms with Crippen molar-refractivity contribution in [3.8, 4) is 17.2 Å². The van der Waals surface area contributed by atoms with Crippen LogP contribution in [0.5, 0.6) is 17.2 Å². The zero-order valence-corrected chi connectivity index (χ0v) is 13.9. The second-order valence-corrected chi connectivity index (χ2v) is 5.87. The second-order valence-electron chi connectivity index (χ2n) is 5.56. The Kier molecular flexibility index (Phi) is 5.65. The maximum absolute atomic E-state index is 6.08. The van der Waals surface area contributed by atoms with Crippen molar-refractivity contribution in [2.24, 2.45) is 5.41 Å². The lowest BCUT2D eigenvalue weighted by atomic mass is 9.83. The molecule has 0 saturated carbocycles. The molecule has 21 heavy (non-hydrogen) atoms. The van der Waals surface area contributed by atoms with Crippen molar-refractivity contribution in [1.29, 1.82) is 0 Å². The van der Waals surface area contributed by atoms with Crippen LogP contribution in [0, 0.1) is 12.3 Å². The first-order valence-corrected chi connectivity index (χ1v) is 7.81. The van der Waals surface area contributed by atoms with Crippen molar-refractivity contribution in [1.82, 2.24) is 0 Å². The van der Waals surface area contributed by atoms with Gasteiger partial charge in [0.1, 0.15) is 0 Å². The first-order chi connectivity index (χ1) is 10.1. The summed E-state index contributed by atoms with van der Waals surface area (Å²) in [5, 5.41) is 0. The molecule has 118 valence electrons. The van der Waals surface area contributed by atoms with Gasteiger partial charge in [0.05, 0.1) is 20.8 Å². The molecular weight excluding hydrogens is 288 g/mol. The Labute approximate surface area is 132 Å². The summed E-state index contributed by atoms with van der Waals surface area (Å²) in [6.07, 6.45) is 1.93. The summed E-state index contributed by atoms with van der Waals surface area (Å²) < 4.78 is 22.4. The van der Waals surface area contributed by atoms with Crippen molar-refractivity contribution in [3.63, 3.8) is 0 Å². The van der Waals surface area contributed by atoms with Crippen molar-refractivity contribution in [2.75, 3.05) is 39.8 Å². The molecule has 0 radical (unpaired) electrons. The van der Waals surface area contributed by atoms with E-state index in [0.29, 0.717) is 23.9 Å². The third-order valence-electron chi connectivity index (χ3n) is 4.02. The highest BCUT2D eigenvalue weighted by Crippen LogP contribution is 2.40. The Bertz CT molecular complexity index is 444. The van der Waals surface area contributed by atoms with Crippen LogP contribution in [0.3, 0.4) is 0 Å². The molecule has 1 heterocycles. The van der Waals surface area contributed by atoms with Crippen LogP contribution in [0.15, 0.2) is 12.1 Å². The topological polar surface area (TPSA) is 36.9 Å². The van der Waals surface area contributed by atoms with Crippen LogP contribution in [0.2, 0.25) is 0 Å². The molecule has 4 nitrogen and oxygen atoms in total. The van der Waals surface area contributed by atoms with Gasteiger partial charge >= 0.3 is 0 Å². The lowest BCUT2D eigenvalue weighted by Gasteiger charge is -2.35. The molecule has 1 aliphatic rings. The number of benzene rings is 1. The van der Waals surface area contributed by atoms with Crippen LogP contribution >= 0.6 is 12.6 Å². The molecule has 1 aromatic rings. The van der Waals surface area contributed by atoms with E-state index in [2.05, 4.69) is 12.6 Å². The van der Waals surface area contributed by atoms with Gasteiger partial charge in [-0.05, 0) is 43.2 Å². The van der Waals surface area contributed by atoms with E-state index in [1.165, 1.54) is 0 Å². The first kappa shape index (κ1) is 16.3. The smallest absolute Gasteiger partial charge is 0.203 e. The summed E-state index contributed by atoms with van der Waals surface area (Å²) >= 11 is 4.51. The molecule has 1 aliphatic heterocycles.